The fraction of sp³-hybridized carbons (Fsp3) is 0.176. The van der Waals surface area contributed by atoms with E-state index in [0.29, 0.717) is 13.2 Å². The summed E-state index contributed by atoms with van der Waals surface area (Å²) >= 11 is 0. The van der Waals surface area contributed by atoms with E-state index in [-0.39, 0.29) is 5.82 Å². The van der Waals surface area contributed by atoms with Crippen LogP contribution in [0.15, 0.2) is 55.1 Å². The van der Waals surface area contributed by atoms with Crippen molar-refractivity contribution in [3.05, 3.63) is 72.1 Å². The molecule has 3 heteroatoms. The summed E-state index contributed by atoms with van der Waals surface area (Å²) in [6, 6.07) is 12.7. The predicted octanol–water partition coefficient (Wildman–Crippen LogP) is 4.31. The topological polar surface area (TPSA) is 21.3 Å². The van der Waals surface area contributed by atoms with Crippen LogP contribution in [0, 0.1) is 12.7 Å². The summed E-state index contributed by atoms with van der Waals surface area (Å²) in [5.41, 5.74) is 2.80. The molecule has 2 aromatic rings. The number of hydrogen-bond acceptors (Lipinski definition) is 2. The van der Waals surface area contributed by atoms with E-state index in [9.17, 15) is 4.39 Å². The molecule has 104 valence electrons. The van der Waals surface area contributed by atoms with Crippen LogP contribution in [-0.2, 0) is 6.54 Å². The summed E-state index contributed by atoms with van der Waals surface area (Å²) < 4.78 is 18.7. The second-order valence-corrected chi connectivity index (χ2v) is 4.61. The van der Waals surface area contributed by atoms with E-state index in [1.165, 1.54) is 12.1 Å². The summed E-state index contributed by atoms with van der Waals surface area (Å²) in [6.07, 6.45) is 1.71. The number of rotatable bonds is 6. The highest BCUT2D eigenvalue weighted by Gasteiger charge is 1.99. The van der Waals surface area contributed by atoms with Gasteiger partial charge < -0.3 is 10.1 Å². The van der Waals surface area contributed by atoms with E-state index in [4.69, 9.17) is 4.74 Å². The molecule has 0 aliphatic carbocycles. The molecule has 0 aliphatic rings. The average Bonchev–Trinajstić information content (AvgIpc) is 2.43. The third kappa shape index (κ3) is 4.12. The number of ether oxygens (including phenoxy) is 1. The van der Waals surface area contributed by atoms with Gasteiger partial charge in [-0.25, -0.2) is 4.39 Å². The summed E-state index contributed by atoms with van der Waals surface area (Å²) in [5.74, 6) is 0.593. The largest absolute Gasteiger partial charge is 0.490 e. The lowest BCUT2D eigenvalue weighted by molar-refractivity contribution is 0.363. The Morgan fingerprint density at radius 1 is 1.20 bits per heavy atom. The lowest BCUT2D eigenvalue weighted by Gasteiger charge is -2.09. The number of hydrogen-bond donors (Lipinski definition) is 1. The maximum absolute atomic E-state index is 13.3. The normalized spacial score (nSPS) is 10.1. The van der Waals surface area contributed by atoms with Crippen molar-refractivity contribution in [1.82, 2.24) is 0 Å². The van der Waals surface area contributed by atoms with Crippen LogP contribution in [0.5, 0.6) is 5.75 Å². The molecule has 0 atom stereocenters. The zero-order chi connectivity index (χ0) is 14.4. The predicted molar refractivity (Wildman–Crippen MR) is 80.6 cm³/mol. The highest BCUT2D eigenvalue weighted by molar-refractivity contribution is 5.46. The maximum Gasteiger partial charge on any atom is 0.125 e. The third-order valence-electron chi connectivity index (χ3n) is 2.83. The van der Waals surface area contributed by atoms with Crippen molar-refractivity contribution in [1.29, 1.82) is 0 Å². The van der Waals surface area contributed by atoms with E-state index in [0.717, 1.165) is 22.6 Å². The molecule has 20 heavy (non-hydrogen) atoms. The molecule has 0 spiro atoms. The molecule has 2 aromatic carbocycles. The van der Waals surface area contributed by atoms with E-state index in [2.05, 4.69) is 11.9 Å². The fourth-order valence-corrected chi connectivity index (χ4v) is 1.90. The van der Waals surface area contributed by atoms with Gasteiger partial charge in [-0.1, -0.05) is 24.8 Å². The maximum atomic E-state index is 13.3. The molecule has 0 amide bonds. The highest BCUT2D eigenvalue weighted by Crippen LogP contribution is 2.16. The molecule has 0 unspecified atom stereocenters. The minimum Gasteiger partial charge on any atom is -0.490 e. The van der Waals surface area contributed by atoms with Gasteiger partial charge in [0.2, 0.25) is 0 Å². The Labute approximate surface area is 118 Å². The van der Waals surface area contributed by atoms with Crippen LogP contribution >= 0.6 is 0 Å². The Morgan fingerprint density at radius 2 is 1.95 bits per heavy atom. The Hall–Kier alpha value is -2.29. The van der Waals surface area contributed by atoms with Crippen LogP contribution in [0.2, 0.25) is 0 Å². The lowest BCUT2D eigenvalue weighted by Crippen LogP contribution is -2.00. The number of benzene rings is 2. The fourth-order valence-electron chi connectivity index (χ4n) is 1.90. The van der Waals surface area contributed by atoms with Gasteiger partial charge in [0.1, 0.15) is 18.2 Å². The first kappa shape index (κ1) is 14.1. The van der Waals surface area contributed by atoms with Crippen LogP contribution < -0.4 is 10.1 Å². The van der Waals surface area contributed by atoms with Gasteiger partial charge in [-0.05, 0) is 48.4 Å². The first-order valence-corrected chi connectivity index (χ1v) is 6.51. The average molecular weight is 271 g/mol. The monoisotopic (exact) mass is 271 g/mol. The summed E-state index contributed by atoms with van der Waals surface area (Å²) in [5, 5.41) is 3.21. The summed E-state index contributed by atoms with van der Waals surface area (Å²) in [4.78, 5) is 0. The SMILES string of the molecule is C=CCOc1ccc(CNc2cc(C)cc(F)c2)cc1. The first-order chi connectivity index (χ1) is 9.67. The molecule has 0 heterocycles. The molecule has 2 rings (SSSR count). The van der Waals surface area contributed by atoms with Crippen molar-refractivity contribution < 1.29 is 9.13 Å². The van der Waals surface area contributed by atoms with Gasteiger partial charge in [-0.3, -0.25) is 0 Å². The molecule has 0 fully saturated rings. The van der Waals surface area contributed by atoms with Crippen molar-refractivity contribution in [3.63, 3.8) is 0 Å². The Kier molecular flexibility index (Phi) is 4.77. The van der Waals surface area contributed by atoms with Crippen molar-refractivity contribution in [3.8, 4) is 5.75 Å². The molecule has 0 aliphatic heterocycles. The molecule has 1 N–H and O–H groups in total. The molecular weight excluding hydrogens is 253 g/mol. The van der Waals surface area contributed by atoms with Gasteiger partial charge in [0.15, 0.2) is 0 Å². The van der Waals surface area contributed by atoms with E-state index in [1.54, 1.807) is 6.08 Å². The lowest BCUT2D eigenvalue weighted by atomic mass is 10.2. The Bertz CT molecular complexity index is 558. The van der Waals surface area contributed by atoms with E-state index in [1.807, 2.05) is 37.3 Å². The third-order valence-corrected chi connectivity index (χ3v) is 2.83. The van der Waals surface area contributed by atoms with Crippen LogP contribution in [0.3, 0.4) is 0 Å². The van der Waals surface area contributed by atoms with Crippen LogP contribution in [0.1, 0.15) is 11.1 Å². The smallest absolute Gasteiger partial charge is 0.125 e. The minimum atomic E-state index is -0.222. The molecular formula is C17H18FNO. The highest BCUT2D eigenvalue weighted by atomic mass is 19.1. The number of halogens is 1. The second-order valence-electron chi connectivity index (χ2n) is 4.61. The molecule has 0 saturated carbocycles. The molecule has 0 aromatic heterocycles. The van der Waals surface area contributed by atoms with Gasteiger partial charge in [0, 0.05) is 12.2 Å². The van der Waals surface area contributed by atoms with Gasteiger partial charge in [0.05, 0.1) is 0 Å². The molecule has 2 nitrogen and oxygen atoms in total. The minimum absolute atomic E-state index is 0.222. The Balaban J connectivity index is 1.94. The van der Waals surface area contributed by atoms with Crippen LogP contribution in [-0.4, -0.2) is 6.61 Å². The molecule has 0 saturated heterocycles. The Morgan fingerprint density at radius 3 is 2.60 bits per heavy atom. The van der Waals surface area contributed by atoms with Crippen molar-refractivity contribution in [2.24, 2.45) is 0 Å². The van der Waals surface area contributed by atoms with Crippen molar-refractivity contribution >= 4 is 5.69 Å². The molecule has 0 bridgehead atoms. The van der Waals surface area contributed by atoms with Crippen LogP contribution in [0.25, 0.3) is 0 Å². The van der Waals surface area contributed by atoms with Crippen LogP contribution in [0.4, 0.5) is 10.1 Å². The summed E-state index contributed by atoms with van der Waals surface area (Å²) in [7, 11) is 0. The number of anilines is 1. The standard InChI is InChI=1S/C17H18FNO/c1-3-8-20-17-6-4-14(5-7-17)12-19-16-10-13(2)9-15(18)11-16/h3-7,9-11,19H,1,8,12H2,2H3. The van der Waals surface area contributed by atoms with Gasteiger partial charge in [-0.2, -0.15) is 0 Å². The van der Waals surface area contributed by atoms with Crippen molar-refractivity contribution in [2.75, 3.05) is 11.9 Å². The molecule has 0 radical (unpaired) electrons. The first-order valence-electron chi connectivity index (χ1n) is 6.51. The van der Waals surface area contributed by atoms with Gasteiger partial charge in [-0.15, -0.1) is 0 Å². The number of aryl methyl sites for hydroxylation is 1. The van der Waals surface area contributed by atoms with E-state index < -0.39 is 0 Å². The zero-order valence-corrected chi connectivity index (χ0v) is 11.5. The second kappa shape index (κ2) is 6.75. The van der Waals surface area contributed by atoms with Gasteiger partial charge in [0.25, 0.3) is 0 Å². The summed E-state index contributed by atoms with van der Waals surface area (Å²) in [6.45, 7) is 6.62. The zero-order valence-electron chi connectivity index (χ0n) is 11.5. The van der Waals surface area contributed by atoms with E-state index >= 15 is 0 Å². The number of nitrogens with one attached hydrogen (secondary N) is 1. The quantitative estimate of drug-likeness (QED) is 0.790. The van der Waals surface area contributed by atoms with Crippen molar-refractivity contribution in [2.45, 2.75) is 13.5 Å². The van der Waals surface area contributed by atoms with Gasteiger partial charge >= 0.3 is 0 Å².